The Labute approximate surface area is 133 Å². The number of nitrogens with one attached hydrogen (secondary N) is 2. The number of Topliss-reactive ketones (excluding diaryl/α,β-unsaturated/α-hetero) is 1. The fraction of sp³-hybridized carbons (Fsp3) is 0.235. The van der Waals surface area contributed by atoms with Gasteiger partial charge in [-0.2, -0.15) is 0 Å². The molecular weight excluding hydrogens is 296 g/mol. The number of benzene rings is 1. The molecule has 1 aromatic carbocycles. The highest BCUT2D eigenvalue weighted by Gasteiger charge is 2.19. The minimum Gasteiger partial charge on any atom is -0.465 e. The van der Waals surface area contributed by atoms with E-state index in [1.807, 2.05) is 0 Å². The summed E-state index contributed by atoms with van der Waals surface area (Å²) < 4.78 is 4.62. The number of ether oxygens (including phenoxy) is 1. The van der Waals surface area contributed by atoms with Gasteiger partial charge in [-0.25, -0.2) is 4.79 Å². The molecule has 0 unspecified atom stereocenters. The van der Waals surface area contributed by atoms with Crippen LogP contribution in [0.1, 0.15) is 49.4 Å². The number of anilines is 1. The molecule has 0 aliphatic heterocycles. The van der Waals surface area contributed by atoms with Crippen molar-refractivity contribution in [2.45, 2.75) is 20.8 Å². The molecule has 1 heterocycles. The maximum Gasteiger partial charge on any atom is 0.337 e. The average molecular weight is 314 g/mol. The summed E-state index contributed by atoms with van der Waals surface area (Å²) >= 11 is 0. The molecule has 0 saturated heterocycles. The van der Waals surface area contributed by atoms with Crippen molar-refractivity contribution in [3.8, 4) is 0 Å². The molecule has 1 amide bonds. The van der Waals surface area contributed by atoms with Crippen molar-refractivity contribution in [3.05, 3.63) is 52.3 Å². The summed E-state index contributed by atoms with van der Waals surface area (Å²) in [5.74, 6) is -0.869. The number of aromatic amines is 1. The minimum atomic E-state index is -0.440. The number of carbonyl (C=O) groups is 3. The smallest absolute Gasteiger partial charge is 0.337 e. The molecule has 120 valence electrons. The number of H-pyrrole nitrogens is 1. The Kier molecular flexibility index (Phi) is 4.64. The lowest BCUT2D eigenvalue weighted by Crippen LogP contribution is -2.14. The van der Waals surface area contributed by atoms with Crippen LogP contribution < -0.4 is 5.32 Å². The van der Waals surface area contributed by atoms with Gasteiger partial charge in [0.1, 0.15) is 5.69 Å². The van der Waals surface area contributed by atoms with Crippen LogP contribution in [0, 0.1) is 13.8 Å². The second-order valence-corrected chi connectivity index (χ2v) is 5.20. The number of rotatable bonds is 4. The lowest BCUT2D eigenvalue weighted by Gasteiger charge is -2.06. The fourth-order valence-electron chi connectivity index (χ4n) is 2.51. The molecule has 0 bridgehead atoms. The van der Waals surface area contributed by atoms with Gasteiger partial charge in [0.25, 0.3) is 5.91 Å². The van der Waals surface area contributed by atoms with Crippen LogP contribution in [0.15, 0.2) is 24.3 Å². The van der Waals surface area contributed by atoms with Crippen molar-refractivity contribution in [1.82, 2.24) is 4.98 Å². The zero-order valence-corrected chi connectivity index (χ0v) is 13.4. The second-order valence-electron chi connectivity index (χ2n) is 5.20. The lowest BCUT2D eigenvalue weighted by molar-refractivity contribution is 0.0600. The van der Waals surface area contributed by atoms with Crippen molar-refractivity contribution in [3.63, 3.8) is 0 Å². The van der Waals surface area contributed by atoms with Gasteiger partial charge in [-0.05, 0) is 50.6 Å². The van der Waals surface area contributed by atoms with Gasteiger partial charge in [0.05, 0.1) is 12.7 Å². The van der Waals surface area contributed by atoms with Gasteiger partial charge >= 0.3 is 5.97 Å². The zero-order chi connectivity index (χ0) is 17.1. The number of esters is 1. The van der Waals surface area contributed by atoms with Gasteiger partial charge in [0.15, 0.2) is 5.78 Å². The number of hydrogen-bond donors (Lipinski definition) is 2. The Hall–Kier alpha value is -2.89. The SMILES string of the molecule is COC(=O)c1ccc(NC(=O)c2[nH]c(C)c(C(C)=O)c2C)cc1. The van der Waals surface area contributed by atoms with E-state index in [-0.39, 0.29) is 11.7 Å². The standard InChI is InChI=1S/C17H18N2O4/c1-9-14(11(3)20)10(2)18-15(9)16(21)19-13-7-5-12(6-8-13)17(22)23-4/h5-8,18H,1-4H3,(H,19,21). The van der Waals surface area contributed by atoms with E-state index in [1.165, 1.54) is 14.0 Å². The van der Waals surface area contributed by atoms with Crippen molar-refractivity contribution < 1.29 is 19.1 Å². The third-order valence-corrected chi connectivity index (χ3v) is 3.58. The number of aromatic nitrogens is 1. The first-order chi connectivity index (χ1) is 10.8. The van der Waals surface area contributed by atoms with Crippen molar-refractivity contribution in [2.24, 2.45) is 0 Å². The van der Waals surface area contributed by atoms with Gasteiger partial charge in [-0.3, -0.25) is 9.59 Å². The molecule has 0 radical (unpaired) electrons. The molecule has 2 aromatic rings. The van der Waals surface area contributed by atoms with E-state index in [1.54, 1.807) is 38.1 Å². The van der Waals surface area contributed by atoms with E-state index in [0.717, 1.165) is 0 Å². The predicted octanol–water partition coefficient (Wildman–Crippen LogP) is 2.87. The first-order valence-electron chi connectivity index (χ1n) is 7.05. The molecule has 2 N–H and O–H groups in total. The normalized spacial score (nSPS) is 10.3. The van der Waals surface area contributed by atoms with Crippen LogP contribution in [0.2, 0.25) is 0 Å². The summed E-state index contributed by atoms with van der Waals surface area (Å²) in [6.07, 6.45) is 0. The molecule has 0 saturated carbocycles. The number of hydrogen-bond acceptors (Lipinski definition) is 4. The van der Waals surface area contributed by atoms with Gasteiger partial charge < -0.3 is 15.0 Å². The molecule has 0 atom stereocenters. The molecular formula is C17H18N2O4. The van der Waals surface area contributed by atoms with E-state index in [0.29, 0.717) is 33.8 Å². The van der Waals surface area contributed by atoms with E-state index in [4.69, 9.17) is 0 Å². The van der Waals surface area contributed by atoms with E-state index in [9.17, 15) is 14.4 Å². The van der Waals surface area contributed by atoms with Crippen LogP contribution in [0.25, 0.3) is 0 Å². The monoisotopic (exact) mass is 314 g/mol. The number of ketones is 1. The number of carbonyl (C=O) groups excluding carboxylic acids is 3. The summed E-state index contributed by atoms with van der Waals surface area (Å²) in [5.41, 5.74) is 3.12. The summed E-state index contributed by atoms with van der Waals surface area (Å²) in [7, 11) is 1.31. The van der Waals surface area contributed by atoms with Gasteiger partial charge in [-0.1, -0.05) is 0 Å². The number of methoxy groups -OCH3 is 1. The summed E-state index contributed by atoms with van der Waals surface area (Å²) in [4.78, 5) is 38.3. The number of aryl methyl sites for hydroxylation is 1. The number of amides is 1. The van der Waals surface area contributed by atoms with Crippen LogP contribution in [-0.4, -0.2) is 29.8 Å². The lowest BCUT2D eigenvalue weighted by atomic mass is 10.1. The van der Waals surface area contributed by atoms with Crippen molar-refractivity contribution in [2.75, 3.05) is 12.4 Å². The van der Waals surface area contributed by atoms with Crippen LogP contribution in [0.4, 0.5) is 5.69 Å². The maximum absolute atomic E-state index is 12.4. The molecule has 1 aromatic heterocycles. The average Bonchev–Trinajstić information content (AvgIpc) is 2.82. The Morgan fingerprint density at radius 1 is 1.09 bits per heavy atom. The van der Waals surface area contributed by atoms with Crippen molar-refractivity contribution in [1.29, 1.82) is 0 Å². The summed E-state index contributed by atoms with van der Waals surface area (Å²) in [6.45, 7) is 4.96. The van der Waals surface area contributed by atoms with E-state index in [2.05, 4.69) is 15.0 Å². The Morgan fingerprint density at radius 2 is 1.70 bits per heavy atom. The van der Waals surface area contributed by atoms with E-state index >= 15 is 0 Å². The van der Waals surface area contributed by atoms with E-state index < -0.39 is 5.97 Å². The minimum absolute atomic E-state index is 0.0854. The fourth-order valence-corrected chi connectivity index (χ4v) is 2.51. The largest absolute Gasteiger partial charge is 0.465 e. The third-order valence-electron chi connectivity index (χ3n) is 3.58. The quantitative estimate of drug-likeness (QED) is 0.671. The predicted molar refractivity (Wildman–Crippen MR) is 86.0 cm³/mol. The van der Waals surface area contributed by atoms with Crippen LogP contribution in [-0.2, 0) is 4.74 Å². The highest BCUT2D eigenvalue weighted by molar-refractivity contribution is 6.07. The molecule has 0 fully saturated rings. The summed E-state index contributed by atoms with van der Waals surface area (Å²) in [5, 5.41) is 2.73. The molecule has 0 aliphatic carbocycles. The highest BCUT2D eigenvalue weighted by Crippen LogP contribution is 2.20. The molecule has 0 aliphatic rings. The highest BCUT2D eigenvalue weighted by atomic mass is 16.5. The topological polar surface area (TPSA) is 88.3 Å². The van der Waals surface area contributed by atoms with Crippen LogP contribution in [0.3, 0.4) is 0 Å². The molecule has 6 nitrogen and oxygen atoms in total. The zero-order valence-electron chi connectivity index (χ0n) is 13.4. The van der Waals surface area contributed by atoms with Crippen LogP contribution in [0.5, 0.6) is 0 Å². The van der Waals surface area contributed by atoms with Crippen LogP contribution >= 0.6 is 0 Å². The molecule has 0 spiro atoms. The Balaban J connectivity index is 2.21. The third kappa shape index (κ3) is 3.31. The summed E-state index contributed by atoms with van der Waals surface area (Å²) in [6, 6.07) is 6.35. The molecule has 2 rings (SSSR count). The first-order valence-corrected chi connectivity index (χ1v) is 7.05. The molecule has 6 heteroatoms. The van der Waals surface area contributed by atoms with Gasteiger partial charge in [-0.15, -0.1) is 0 Å². The van der Waals surface area contributed by atoms with Gasteiger partial charge in [0, 0.05) is 16.9 Å². The molecule has 23 heavy (non-hydrogen) atoms. The van der Waals surface area contributed by atoms with Gasteiger partial charge in [0.2, 0.25) is 0 Å². The Bertz CT molecular complexity index is 773. The first kappa shape index (κ1) is 16.5. The maximum atomic E-state index is 12.4. The van der Waals surface area contributed by atoms with Crippen molar-refractivity contribution >= 4 is 23.3 Å². The Morgan fingerprint density at radius 3 is 2.17 bits per heavy atom. The second kappa shape index (κ2) is 6.48.